The van der Waals surface area contributed by atoms with Crippen LogP contribution in [0.4, 0.5) is 11.4 Å². The zero-order valence-corrected chi connectivity index (χ0v) is 23.2. The van der Waals surface area contributed by atoms with Gasteiger partial charge in [0, 0.05) is 42.5 Å². The Morgan fingerprint density at radius 3 is 2.41 bits per heavy atom. The van der Waals surface area contributed by atoms with Gasteiger partial charge in [-0.15, -0.1) is 0 Å². The van der Waals surface area contributed by atoms with Crippen LogP contribution in [0.15, 0.2) is 75.8 Å². The van der Waals surface area contributed by atoms with E-state index in [2.05, 4.69) is 15.5 Å². The first-order valence-corrected chi connectivity index (χ1v) is 13.3. The van der Waals surface area contributed by atoms with Gasteiger partial charge >= 0.3 is 0 Å². The van der Waals surface area contributed by atoms with Crippen LogP contribution in [0, 0.1) is 6.92 Å². The lowest BCUT2D eigenvalue weighted by Gasteiger charge is -2.36. The molecule has 0 radical (unpaired) electrons. The number of hydrogen-bond acceptors (Lipinski definition) is 6. The first-order chi connectivity index (χ1) is 18.8. The number of nitrogens with one attached hydrogen (secondary N) is 2. The molecule has 4 aromatic rings. The molecule has 0 aliphatic carbocycles. The van der Waals surface area contributed by atoms with Crippen molar-refractivity contribution in [3.63, 3.8) is 0 Å². The van der Waals surface area contributed by atoms with E-state index in [1.807, 2.05) is 31.2 Å². The highest BCUT2D eigenvalue weighted by Crippen LogP contribution is 2.30. The number of rotatable bonds is 5. The van der Waals surface area contributed by atoms with E-state index in [0.717, 1.165) is 16.8 Å². The van der Waals surface area contributed by atoms with E-state index in [0.29, 0.717) is 53.4 Å². The van der Waals surface area contributed by atoms with Crippen LogP contribution >= 0.6 is 35.4 Å². The molecular formula is C28H24Cl2N4O4S. The Morgan fingerprint density at radius 1 is 0.923 bits per heavy atom. The van der Waals surface area contributed by atoms with E-state index in [1.54, 1.807) is 41.3 Å². The minimum Gasteiger partial charge on any atom is -0.459 e. The van der Waals surface area contributed by atoms with Gasteiger partial charge < -0.3 is 24.0 Å². The lowest BCUT2D eigenvalue weighted by atomic mass is 10.1. The summed E-state index contributed by atoms with van der Waals surface area (Å²) in [5, 5.41) is 6.84. The molecule has 2 aromatic carbocycles. The molecule has 1 aliphatic heterocycles. The van der Waals surface area contributed by atoms with Crippen LogP contribution in [0.1, 0.15) is 26.7 Å². The first kappa shape index (κ1) is 26.8. The minimum absolute atomic E-state index is 0.102. The van der Waals surface area contributed by atoms with Crippen molar-refractivity contribution in [1.82, 2.24) is 10.2 Å². The van der Waals surface area contributed by atoms with Gasteiger partial charge in [-0.25, -0.2) is 0 Å². The highest BCUT2D eigenvalue weighted by molar-refractivity contribution is 7.80. The zero-order valence-electron chi connectivity index (χ0n) is 20.9. The highest BCUT2D eigenvalue weighted by atomic mass is 35.5. The van der Waals surface area contributed by atoms with Gasteiger partial charge in [0.2, 0.25) is 0 Å². The van der Waals surface area contributed by atoms with Crippen molar-refractivity contribution in [2.45, 2.75) is 6.92 Å². The van der Waals surface area contributed by atoms with Gasteiger partial charge in [0.1, 0.15) is 5.76 Å². The van der Waals surface area contributed by atoms with E-state index >= 15 is 0 Å². The van der Waals surface area contributed by atoms with Gasteiger partial charge in [-0.05, 0) is 73.2 Å². The number of furan rings is 2. The topological polar surface area (TPSA) is 91.0 Å². The van der Waals surface area contributed by atoms with Gasteiger partial charge in [-0.1, -0.05) is 35.3 Å². The third kappa shape index (κ3) is 6.11. The SMILES string of the molecule is Cc1ccc(-c2ccc(C(=O)NC(=S)Nc3ccc(N4CCN(C(=O)c5ccco5)CC4)c(Cl)c3)o2)cc1Cl. The molecule has 0 unspecified atom stereocenters. The Morgan fingerprint density at radius 2 is 1.72 bits per heavy atom. The van der Waals surface area contributed by atoms with Crippen LogP contribution in [0.3, 0.4) is 0 Å². The lowest BCUT2D eigenvalue weighted by molar-refractivity contribution is 0.0714. The predicted octanol–water partition coefficient (Wildman–Crippen LogP) is 6.24. The standard InChI is InChI=1S/C28H24Cl2N4O4S/c1-17-4-5-18(15-20(17)29)23-8-9-24(38-23)26(35)32-28(39)31-19-6-7-22(21(30)16-19)33-10-12-34(13-11-33)27(36)25-3-2-14-37-25/h2-9,14-16H,10-13H2,1H3,(H2,31,32,35,39). The first-order valence-electron chi connectivity index (χ1n) is 12.1. The number of hydrogen-bond donors (Lipinski definition) is 2. The molecule has 0 atom stereocenters. The van der Waals surface area contributed by atoms with Crippen LogP contribution in [-0.2, 0) is 0 Å². The van der Waals surface area contributed by atoms with Crippen molar-refractivity contribution in [2.24, 2.45) is 0 Å². The van der Waals surface area contributed by atoms with E-state index in [-0.39, 0.29) is 16.8 Å². The average Bonchev–Trinajstić information content (AvgIpc) is 3.63. The van der Waals surface area contributed by atoms with E-state index in [4.69, 9.17) is 44.3 Å². The fourth-order valence-corrected chi connectivity index (χ4v) is 4.93. The summed E-state index contributed by atoms with van der Waals surface area (Å²) in [6, 6.07) is 17.6. The third-order valence-electron chi connectivity index (χ3n) is 6.36. The molecule has 200 valence electrons. The second kappa shape index (κ2) is 11.5. The molecule has 2 amide bonds. The second-order valence-corrected chi connectivity index (χ2v) is 10.2. The largest absolute Gasteiger partial charge is 0.459 e. The molecule has 0 spiro atoms. The molecule has 8 nitrogen and oxygen atoms in total. The summed E-state index contributed by atoms with van der Waals surface area (Å²) in [4.78, 5) is 29.0. The quantitative estimate of drug-likeness (QED) is 0.269. The molecule has 0 saturated carbocycles. The Bertz CT molecular complexity index is 1530. The second-order valence-electron chi connectivity index (χ2n) is 8.96. The Hall–Kier alpha value is -3.79. The summed E-state index contributed by atoms with van der Waals surface area (Å²) in [5.74, 6) is 0.370. The van der Waals surface area contributed by atoms with Crippen molar-refractivity contribution >= 4 is 63.7 Å². The molecule has 2 aromatic heterocycles. The normalized spacial score (nSPS) is 13.3. The lowest BCUT2D eigenvalue weighted by Crippen LogP contribution is -2.48. The molecule has 3 heterocycles. The molecule has 5 rings (SSSR count). The fraction of sp³-hybridized carbons (Fsp3) is 0.179. The van der Waals surface area contributed by atoms with Crippen LogP contribution in [0.25, 0.3) is 11.3 Å². The van der Waals surface area contributed by atoms with Gasteiger partial charge in [-0.2, -0.15) is 0 Å². The van der Waals surface area contributed by atoms with Crippen molar-refractivity contribution in [3.05, 3.63) is 94.1 Å². The number of anilines is 2. The Kier molecular flexibility index (Phi) is 7.92. The average molecular weight is 583 g/mol. The maximum absolute atomic E-state index is 12.7. The Balaban J connectivity index is 1.15. The van der Waals surface area contributed by atoms with Crippen molar-refractivity contribution < 1.29 is 18.4 Å². The van der Waals surface area contributed by atoms with Gasteiger partial charge in [0.15, 0.2) is 16.6 Å². The third-order valence-corrected chi connectivity index (χ3v) is 7.27. The summed E-state index contributed by atoms with van der Waals surface area (Å²) in [7, 11) is 0. The summed E-state index contributed by atoms with van der Waals surface area (Å²) in [6.45, 7) is 4.28. The number of nitrogens with zero attached hydrogens (tertiary/aromatic N) is 2. The van der Waals surface area contributed by atoms with Gasteiger partial charge in [-0.3, -0.25) is 14.9 Å². The number of carbonyl (C=O) groups is 2. The van der Waals surface area contributed by atoms with Gasteiger partial charge in [0.25, 0.3) is 11.8 Å². The number of aryl methyl sites for hydroxylation is 1. The van der Waals surface area contributed by atoms with E-state index in [1.165, 1.54) is 6.26 Å². The number of thiocarbonyl (C=S) groups is 1. The van der Waals surface area contributed by atoms with Crippen LogP contribution in [0.2, 0.25) is 10.0 Å². The molecule has 11 heteroatoms. The Labute approximate surface area is 240 Å². The van der Waals surface area contributed by atoms with Crippen LogP contribution < -0.4 is 15.5 Å². The van der Waals surface area contributed by atoms with Crippen molar-refractivity contribution in [3.8, 4) is 11.3 Å². The monoisotopic (exact) mass is 582 g/mol. The van der Waals surface area contributed by atoms with Crippen LogP contribution in [-0.4, -0.2) is 48.0 Å². The summed E-state index contributed by atoms with van der Waals surface area (Å²) in [6.07, 6.45) is 1.49. The minimum atomic E-state index is -0.485. The summed E-state index contributed by atoms with van der Waals surface area (Å²) < 4.78 is 10.9. The number of benzene rings is 2. The van der Waals surface area contributed by atoms with Crippen molar-refractivity contribution in [2.75, 3.05) is 36.4 Å². The molecule has 1 aliphatic rings. The molecule has 1 saturated heterocycles. The van der Waals surface area contributed by atoms with E-state index in [9.17, 15) is 9.59 Å². The number of halogens is 2. The predicted molar refractivity (Wildman–Crippen MR) is 156 cm³/mol. The van der Waals surface area contributed by atoms with Crippen molar-refractivity contribution in [1.29, 1.82) is 0 Å². The number of piperazine rings is 1. The molecule has 39 heavy (non-hydrogen) atoms. The van der Waals surface area contributed by atoms with E-state index < -0.39 is 5.91 Å². The maximum Gasteiger partial charge on any atom is 0.293 e. The summed E-state index contributed by atoms with van der Waals surface area (Å²) in [5.41, 5.74) is 3.19. The molecule has 0 bridgehead atoms. The highest BCUT2D eigenvalue weighted by Gasteiger charge is 2.25. The maximum atomic E-state index is 12.7. The molecule has 1 fully saturated rings. The van der Waals surface area contributed by atoms with Crippen LogP contribution in [0.5, 0.6) is 0 Å². The zero-order chi connectivity index (χ0) is 27.5. The molecular weight excluding hydrogens is 559 g/mol. The smallest absolute Gasteiger partial charge is 0.293 e. The summed E-state index contributed by atoms with van der Waals surface area (Å²) >= 11 is 18.1. The number of carbonyl (C=O) groups excluding carboxylic acids is 2. The fourth-order valence-electron chi connectivity index (χ4n) is 4.24. The van der Waals surface area contributed by atoms with Gasteiger partial charge in [0.05, 0.1) is 17.0 Å². The number of amides is 2. The molecule has 2 N–H and O–H groups in total.